The number of aryl methyl sites for hydroxylation is 1. The summed E-state index contributed by atoms with van der Waals surface area (Å²) in [6.07, 6.45) is 1.06. The van der Waals surface area contributed by atoms with Crippen molar-refractivity contribution in [3.8, 4) is 0 Å². The molecular weight excluding hydrogens is 210 g/mol. The van der Waals surface area contributed by atoms with Crippen molar-refractivity contribution in [3.05, 3.63) is 35.4 Å². The van der Waals surface area contributed by atoms with Crippen LogP contribution < -0.4 is 0 Å². The summed E-state index contributed by atoms with van der Waals surface area (Å²) in [5.74, 6) is 0.667. The predicted molar refractivity (Wildman–Crippen MR) is 71.7 cm³/mol. The first-order valence-electron chi connectivity index (χ1n) is 6.32. The van der Waals surface area contributed by atoms with Crippen molar-refractivity contribution in [2.24, 2.45) is 0 Å². The van der Waals surface area contributed by atoms with E-state index in [4.69, 9.17) is 5.41 Å². The Balaban J connectivity index is 2.03. The normalized spacial score (nSPS) is 17.2. The highest BCUT2D eigenvalue weighted by atomic mass is 15.3. The molecule has 3 nitrogen and oxygen atoms in total. The van der Waals surface area contributed by atoms with Gasteiger partial charge in [0, 0.05) is 31.7 Å². The monoisotopic (exact) mass is 231 g/mol. The van der Waals surface area contributed by atoms with E-state index in [0.29, 0.717) is 5.84 Å². The third-order valence-corrected chi connectivity index (χ3v) is 3.46. The van der Waals surface area contributed by atoms with E-state index in [-0.39, 0.29) is 0 Å². The molecule has 92 valence electrons. The zero-order valence-electron chi connectivity index (χ0n) is 10.7. The van der Waals surface area contributed by atoms with Gasteiger partial charge in [0.1, 0.15) is 5.84 Å². The van der Waals surface area contributed by atoms with Crippen LogP contribution in [0.1, 0.15) is 18.1 Å². The van der Waals surface area contributed by atoms with Crippen LogP contribution in [0.3, 0.4) is 0 Å². The molecule has 0 aromatic heterocycles. The maximum Gasteiger partial charge on any atom is 0.128 e. The summed E-state index contributed by atoms with van der Waals surface area (Å²) in [4.78, 5) is 4.48. The Morgan fingerprint density at radius 1 is 1.12 bits per heavy atom. The maximum atomic E-state index is 8.22. The van der Waals surface area contributed by atoms with Crippen molar-refractivity contribution >= 4 is 5.84 Å². The molecule has 1 saturated heterocycles. The SMILES string of the molecule is CCc1ccc(C(=N)N2CCN(C)CC2)cc1. The van der Waals surface area contributed by atoms with Gasteiger partial charge in [0.25, 0.3) is 0 Å². The van der Waals surface area contributed by atoms with Gasteiger partial charge < -0.3 is 9.80 Å². The molecule has 3 heteroatoms. The molecular formula is C14H21N3. The highest BCUT2D eigenvalue weighted by Gasteiger charge is 2.17. The molecule has 0 unspecified atom stereocenters. The quantitative estimate of drug-likeness (QED) is 0.621. The second-order valence-electron chi connectivity index (χ2n) is 4.69. The van der Waals surface area contributed by atoms with E-state index in [0.717, 1.165) is 38.2 Å². The fraction of sp³-hybridized carbons (Fsp3) is 0.500. The van der Waals surface area contributed by atoms with Crippen molar-refractivity contribution in [1.29, 1.82) is 5.41 Å². The molecule has 1 N–H and O–H groups in total. The Morgan fingerprint density at radius 2 is 1.71 bits per heavy atom. The smallest absolute Gasteiger partial charge is 0.128 e. The van der Waals surface area contributed by atoms with Crippen molar-refractivity contribution in [2.45, 2.75) is 13.3 Å². The van der Waals surface area contributed by atoms with Gasteiger partial charge in [-0.1, -0.05) is 31.2 Å². The topological polar surface area (TPSA) is 30.3 Å². The Bertz CT molecular complexity index is 375. The molecule has 0 bridgehead atoms. The number of rotatable bonds is 2. The molecule has 0 radical (unpaired) electrons. The zero-order chi connectivity index (χ0) is 12.3. The van der Waals surface area contributed by atoms with E-state index < -0.39 is 0 Å². The van der Waals surface area contributed by atoms with Crippen LogP contribution in [0, 0.1) is 5.41 Å². The molecule has 0 atom stereocenters. The van der Waals surface area contributed by atoms with Gasteiger partial charge in [0.2, 0.25) is 0 Å². The van der Waals surface area contributed by atoms with E-state index in [1.54, 1.807) is 0 Å². The van der Waals surface area contributed by atoms with Crippen LogP contribution in [0.25, 0.3) is 0 Å². The van der Waals surface area contributed by atoms with Gasteiger partial charge in [-0.15, -0.1) is 0 Å². The van der Waals surface area contributed by atoms with Gasteiger partial charge in [0.15, 0.2) is 0 Å². The summed E-state index contributed by atoms with van der Waals surface area (Å²) in [6.45, 7) is 6.18. The standard InChI is InChI=1S/C14H21N3/c1-3-12-4-6-13(7-5-12)14(15)17-10-8-16(2)9-11-17/h4-7,15H,3,8-11H2,1-2H3. The fourth-order valence-electron chi connectivity index (χ4n) is 2.11. The van der Waals surface area contributed by atoms with Gasteiger partial charge in [-0.2, -0.15) is 0 Å². The van der Waals surface area contributed by atoms with Gasteiger partial charge >= 0.3 is 0 Å². The second kappa shape index (κ2) is 5.32. The molecule has 1 aromatic rings. The Morgan fingerprint density at radius 3 is 2.24 bits per heavy atom. The molecule has 0 aliphatic carbocycles. The third-order valence-electron chi connectivity index (χ3n) is 3.46. The van der Waals surface area contributed by atoms with Gasteiger partial charge in [-0.3, -0.25) is 5.41 Å². The predicted octanol–water partition coefficient (Wildman–Crippen LogP) is 1.82. The number of nitrogens with zero attached hydrogens (tertiary/aromatic N) is 2. The van der Waals surface area contributed by atoms with Crippen LogP contribution >= 0.6 is 0 Å². The first kappa shape index (κ1) is 12.1. The zero-order valence-corrected chi connectivity index (χ0v) is 10.7. The number of likely N-dealkylation sites (N-methyl/N-ethyl adjacent to an activating group) is 1. The highest BCUT2D eigenvalue weighted by Crippen LogP contribution is 2.10. The lowest BCUT2D eigenvalue weighted by Crippen LogP contribution is -2.47. The Hall–Kier alpha value is -1.35. The van der Waals surface area contributed by atoms with E-state index in [1.165, 1.54) is 5.56 Å². The van der Waals surface area contributed by atoms with Gasteiger partial charge in [0.05, 0.1) is 0 Å². The molecule has 17 heavy (non-hydrogen) atoms. The van der Waals surface area contributed by atoms with Crippen LogP contribution in [-0.2, 0) is 6.42 Å². The summed E-state index contributed by atoms with van der Waals surface area (Å²) in [5.41, 5.74) is 2.37. The lowest BCUT2D eigenvalue weighted by Gasteiger charge is -2.34. The van der Waals surface area contributed by atoms with Crippen LogP contribution in [-0.4, -0.2) is 48.9 Å². The minimum atomic E-state index is 0.667. The van der Waals surface area contributed by atoms with Crippen LogP contribution in [0.15, 0.2) is 24.3 Å². The van der Waals surface area contributed by atoms with Crippen molar-refractivity contribution in [3.63, 3.8) is 0 Å². The third kappa shape index (κ3) is 2.86. The van der Waals surface area contributed by atoms with E-state index in [2.05, 4.69) is 48.0 Å². The minimum Gasteiger partial charge on any atom is -0.354 e. The van der Waals surface area contributed by atoms with E-state index in [9.17, 15) is 0 Å². The number of hydrogen-bond donors (Lipinski definition) is 1. The average molecular weight is 231 g/mol. The first-order chi connectivity index (χ1) is 8.20. The second-order valence-corrected chi connectivity index (χ2v) is 4.69. The molecule has 2 rings (SSSR count). The van der Waals surface area contributed by atoms with Crippen LogP contribution in [0.2, 0.25) is 0 Å². The number of hydrogen-bond acceptors (Lipinski definition) is 2. The summed E-state index contributed by atoms with van der Waals surface area (Å²) in [7, 11) is 2.14. The maximum absolute atomic E-state index is 8.22. The molecule has 1 aliphatic heterocycles. The van der Waals surface area contributed by atoms with E-state index in [1.807, 2.05) is 0 Å². The summed E-state index contributed by atoms with van der Waals surface area (Å²) < 4.78 is 0. The molecule has 0 saturated carbocycles. The average Bonchev–Trinajstić information content (AvgIpc) is 2.39. The number of piperazine rings is 1. The summed E-state index contributed by atoms with van der Waals surface area (Å²) in [5, 5.41) is 8.22. The Kier molecular flexibility index (Phi) is 3.79. The van der Waals surface area contributed by atoms with Crippen molar-refractivity contribution in [2.75, 3.05) is 33.2 Å². The molecule has 1 aromatic carbocycles. The summed E-state index contributed by atoms with van der Waals surface area (Å²) in [6, 6.07) is 8.39. The van der Waals surface area contributed by atoms with Crippen molar-refractivity contribution < 1.29 is 0 Å². The van der Waals surface area contributed by atoms with Crippen LogP contribution in [0.5, 0.6) is 0 Å². The lowest BCUT2D eigenvalue weighted by molar-refractivity contribution is 0.215. The molecule has 0 spiro atoms. The summed E-state index contributed by atoms with van der Waals surface area (Å²) >= 11 is 0. The highest BCUT2D eigenvalue weighted by molar-refractivity contribution is 5.96. The van der Waals surface area contributed by atoms with E-state index >= 15 is 0 Å². The number of amidine groups is 1. The Labute approximate surface area is 104 Å². The van der Waals surface area contributed by atoms with Gasteiger partial charge in [-0.05, 0) is 19.0 Å². The van der Waals surface area contributed by atoms with Crippen LogP contribution in [0.4, 0.5) is 0 Å². The van der Waals surface area contributed by atoms with Gasteiger partial charge in [-0.25, -0.2) is 0 Å². The molecule has 1 heterocycles. The number of benzene rings is 1. The molecule has 1 fully saturated rings. The lowest BCUT2D eigenvalue weighted by atomic mass is 10.1. The molecule has 0 amide bonds. The fourth-order valence-corrected chi connectivity index (χ4v) is 2.11. The number of nitrogens with one attached hydrogen (secondary N) is 1. The largest absolute Gasteiger partial charge is 0.354 e. The minimum absolute atomic E-state index is 0.667. The molecule has 1 aliphatic rings. The van der Waals surface area contributed by atoms with Crippen molar-refractivity contribution in [1.82, 2.24) is 9.80 Å². The first-order valence-corrected chi connectivity index (χ1v) is 6.32.